The lowest BCUT2D eigenvalue weighted by Crippen LogP contribution is -2.32. The highest BCUT2D eigenvalue weighted by Gasteiger charge is 2.18. The van der Waals surface area contributed by atoms with Crippen LogP contribution in [0.2, 0.25) is 0 Å². The first kappa shape index (κ1) is 17.3. The number of carbonyl (C=O) groups excluding carboxylic acids is 2. The fraction of sp³-hybridized carbons (Fsp3) is 0.625. The molecule has 5 nitrogen and oxygen atoms in total. The molecule has 118 valence electrons. The third-order valence-electron chi connectivity index (χ3n) is 3.69. The Morgan fingerprint density at radius 1 is 1.29 bits per heavy atom. The molecule has 0 aliphatic heterocycles. The van der Waals surface area contributed by atoms with E-state index in [-0.39, 0.29) is 17.9 Å². The Morgan fingerprint density at radius 2 is 1.95 bits per heavy atom. The summed E-state index contributed by atoms with van der Waals surface area (Å²) in [5.41, 5.74) is 3.32. The van der Waals surface area contributed by atoms with Crippen LogP contribution in [0.3, 0.4) is 0 Å². The number of hydrogen-bond acceptors (Lipinski definition) is 3. The molecule has 1 rings (SSSR count). The fourth-order valence-corrected chi connectivity index (χ4v) is 2.26. The second-order valence-corrected chi connectivity index (χ2v) is 5.33. The molecular formula is C16H26N2O3. The van der Waals surface area contributed by atoms with Gasteiger partial charge >= 0.3 is 5.97 Å². The van der Waals surface area contributed by atoms with E-state index in [2.05, 4.69) is 10.3 Å². The number of aromatic amines is 1. The minimum Gasteiger partial charge on any atom is -0.461 e. The van der Waals surface area contributed by atoms with Crippen LogP contribution in [-0.2, 0) is 16.0 Å². The molecule has 1 atom stereocenters. The van der Waals surface area contributed by atoms with Gasteiger partial charge in [0.25, 0.3) is 0 Å². The molecule has 21 heavy (non-hydrogen) atoms. The van der Waals surface area contributed by atoms with Crippen molar-refractivity contribution in [2.75, 3.05) is 6.61 Å². The summed E-state index contributed by atoms with van der Waals surface area (Å²) in [6.45, 7) is 9.96. The summed E-state index contributed by atoms with van der Waals surface area (Å²) >= 11 is 0. The van der Waals surface area contributed by atoms with Crippen molar-refractivity contribution in [1.82, 2.24) is 10.3 Å². The monoisotopic (exact) mass is 294 g/mol. The van der Waals surface area contributed by atoms with Crippen LogP contribution >= 0.6 is 0 Å². The largest absolute Gasteiger partial charge is 0.461 e. The summed E-state index contributed by atoms with van der Waals surface area (Å²) in [5.74, 6) is -0.296. The van der Waals surface area contributed by atoms with E-state index in [0.29, 0.717) is 25.1 Å². The number of esters is 1. The average Bonchev–Trinajstić information content (AvgIpc) is 2.72. The van der Waals surface area contributed by atoms with Gasteiger partial charge in [0.05, 0.1) is 6.61 Å². The minimum absolute atomic E-state index is 0.0436. The van der Waals surface area contributed by atoms with Crippen LogP contribution in [0.15, 0.2) is 0 Å². The van der Waals surface area contributed by atoms with E-state index in [9.17, 15) is 9.59 Å². The number of hydrogen-bond donors (Lipinski definition) is 2. The highest BCUT2D eigenvalue weighted by molar-refractivity contribution is 5.90. The minimum atomic E-state index is -0.339. The molecule has 1 aromatic heterocycles. The SMILES string of the molecule is CCOC(=O)c1[nH]c(C)c(CCC(=O)N[C@@H](C)CC)c1C. The highest BCUT2D eigenvalue weighted by atomic mass is 16.5. The Morgan fingerprint density at radius 3 is 2.52 bits per heavy atom. The summed E-state index contributed by atoms with van der Waals surface area (Å²) in [4.78, 5) is 26.7. The second-order valence-electron chi connectivity index (χ2n) is 5.33. The van der Waals surface area contributed by atoms with Crippen LogP contribution in [0.25, 0.3) is 0 Å². The van der Waals surface area contributed by atoms with E-state index in [1.165, 1.54) is 0 Å². The van der Waals surface area contributed by atoms with Crippen molar-refractivity contribution in [3.05, 3.63) is 22.5 Å². The molecule has 0 aliphatic rings. The van der Waals surface area contributed by atoms with Gasteiger partial charge in [0.1, 0.15) is 5.69 Å². The van der Waals surface area contributed by atoms with Crippen LogP contribution in [0.1, 0.15) is 60.9 Å². The van der Waals surface area contributed by atoms with Gasteiger partial charge in [-0.25, -0.2) is 4.79 Å². The van der Waals surface area contributed by atoms with E-state index in [1.54, 1.807) is 6.92 Å². The maximum atomic E-state index is 11.8. The average molecular weight is 294 g/mol. The molecule has 0 aromatic carbocycles. The quantitative estimate of drug-likeness (QED) is 0.759. The molecular weight excluding hydrogens is 268 g/mol. The van der Waals surface area contributed by atoms with E-state index >= 15 is 0 Å². The Kier molecular flexibility index (Phi) is 6.46. The van der Waals surface area contributed by atoms with E-state index in [4.69, 9.17) is 4.74 Å². The van der Waals surface area contributed by atoms with Gasteiger partial charge in [-0.05, 0) is 51.7 Å². The maximum Gasteiger partial charge on any atom is 0.355 e. The molecule has 1 heterocycles. The maximum absolute atomic E-state index is 11.8. The van der Waals surface area contributed by atoms with Crippen LogP contribution in [0.4, 0.5) is 0 Å². The number of carbonyl (C=O) groups is 2. The lowest BCUT2D eigenvalue weighted by Gasteiger charge is -2.11. The number of nitrogens with one attached hydrogen (secondary N) is 2. The van der Waals surface area contributed by atoms with Gasteiger partial charge in [-0.3, -0.25) is 4.79 Å². The third-order valence-corrected chi connectivity index (χ3v) is 3.69. The van der Waals surface area contributed by atoms with Crippen LogP contribution < -0.4 is 5.32 Å². The van der Waals surface area contributed by atoms with Gasteiger partial charge in [-0.15, -0.1) is 0 Å². The number of aryl methyl sites for hydroxylation is 1. The van der Waals surface area contributed by atoms with Gasteiger partial charge < -0.3 is 15.0 Å². The Hall–Kier alpha value is -1.78. The Labute approximate surface area is 126 Å². The summed E-state index contributed by atoms with van der Waals surface area (Å²) < 4.78 is 5.02. The molecule has 1 amide bonds. The zero-order valence-electron chi connectivity index (χ0n) is 13.6. The first-order chi connectivity index (χ1) is 9.90. The summed E-state index contributed by atoms with van der Waals surface area (Å²) in [6, 6.07) is 0.195. The predicted molar refractivity (Wildman–Crippen MR) is 82.4 cm³/mol. The van der Waals surface area contributed by atoms with Crippen molar-refractivity contribution >= 4 is 11.9 Å². The zero-order valence-corrected chi connectivity index (χ0v) is 13.6. The number of rotatable bonds is 7. The number of aromatic nitrogens is 1. The normalized spacial score (nSPS) is 12.0. The van der Waals surface area contributed by atoms with Gasteiger partial charge in [0.2, 0.25) is 5.91 Å². The smallest absolute Gasteiger partial charge is 0.355 e. The summed E-state index contributed by atoms with van der Waals surface area (Å²) in [6.07, 6.45) is 1.96. The Bertz CT molecular complexity index is 506. The molecule has 1 aromatic rings. The van der Waals surface area contributed by atoms with Crippen LogP contribution in [0, 0.1) is 13.8 Å². The molecule has 0 radical (unpaired) electrons. The molecule has 0 aliphatic carbocycles. The molecule has 0 fully saturated rings. The van der Waals surface area contributed by atoms with E-state index in [0.717, 1.165) is 23.2 Å². The van der Waals surface area contributed by atoms with Gasteiger partial charge in [0, 0.05) is 18.2 Å². The van der Waals surface area contributed by atoms with Crippen molar-refractivity contribution in [1.29, 1.82) is 0 Å². The summed E-state index contributed by atoms with van der Waals surface area (Å²) in [7, 11) is 0. The van der Waals surface area contributed by atoms with Crippen molar-refractivity contribution in [3.8, 4) is 0 Å². The lowest BCUT2D eigenvalue weighted by molar-refractivity contribution is -0.121. The standard InChI is InChI=1S/C16H26N2O3/c1-6-10(3)17-14(19)9-8-13-11(4)15(18-12(13)5)16(20)21-7-2/h10,18H,6-9H2,1-5H3,(H,17,19)/t10-/m0/s1. The molecule has 0 unspecified atom stereocenters. The highest BCUT2D eigenvalue weighted by Crippen LogP contribution is 2.20. The molecule has 2 N–H and O–H groups in total. The van der Waals surface area contributed by atoms with Crippen LogP contribution in [-0.4, -0.2) is 29.5 Å². The molecule has 0 spiro atoms. The first-order valence-electron chi connectivity index (χ1n) is 7.55. The number of amides is 1. The predicted octanol–water partition coefficient (Wildman–Crippen LogP) is 2.66. The van der Waals surface area contributed by atoms with Gasteiger partial charge in [-0.2, -0.15) is 0 Å². The summed E-state index contributed by atoms with van der Waals surface area (Å²) in [5, 5.41) is 2.95. The third kappa shape index (κ3) is 4.62. The van der Waals surface area contributed by atoms with Crippen molar-refractivity contribution < 1.29 is 14.3 Å². The second kappa shape index (κ2) is 7.86. The molecule has 0 saturated carbocycles. The molecule has 0 saturated heterocycles. The fourth-order valence-electron chi connectivity index (χ4n) is 2.26. The van der Waals surface area contributed by atoms with Crippen LogP contribution in [0.5, 0.6) is 0 Å². The number of ether oxygens (including phenoxy) is 1. The lowest BCUT2D eigenvalue weighted by atomic mass is 10.0. The van der Waals surface area contributed by atoms with Crippen molar-refractivity contribution in [2.24, 2.45) is 0 Å². The van der Waals surface area contributed by atoms with E-state index < -0.39 is 0 Å². The van der Waals surface area contributed by atoms with Crippen molar-refractivity contribution in [2.45, 2.75) is 59.9 Å². The van der Waals surface area contributed by atoms with Gasteiger partial charge in [-0.1, -0.05) is 6.92 Å². The van der Waals surface area contributed by atoms with Gasteiger partial charge in [0.15, 0.2) is 0 Å². The molecule has 0 bridgehead atoms. The number of H-pyrrole nitrogens is 1. The topological polar surface area (TPSA) is 71.2 Å². The van der Waals surface area contributed by atoms with E-state index in [1.807, 2.05) is 27.7 Å². The van der Waals surface area contributed by atoms with Crippen molar-refractivity contribution in [3.63, 3.8) is 0 Å². The Balaban J connectivity index is 2.72. The first-order valence-corrected chi connectivity index (χ1v) is 7.55. The zero-order chi connectivity index (χ0) is 16.0. The molecule has 5 heteroatoms.